The van der Waals surface area contributed by atoms with Crippen LogP contribution in [0.2, 0.25) is 0 Å². The molecule has 2 aromatic heterocycles. The third-order valence-corrected chi connectivity index (χ3v) is 7.08. The number of anilines is 1. The van der Waals surface area contributed by atoms with E-state index < -0.39 is 6.04 Å². The van der Waals surface area contributed by atoms with Gasteiger partial charge in [-0.3, -0.25) is 14.3 Å². The van der Waals surface area contributed by atoms with Gasteiger partial charge in [-0.25, -0.2) is 0 Å². The zero-order chi connectivity index (χ0) is 23.8. The summed E-state index contributed by atoms with van der Waals surface area (Å²) in [6.07, 6.45) is 8.10. The lowest BCUT2D eigenvalue weighted by Crippen LogP contribution is -2.50. The Kier molecular flexibility index (Phi) is 6.02. The highest BCUT2D eigenvalue weighted by Gasteiger charge is 2.48. The van der Waals surface area contributed by atoms with E-state index in [2.05, 4.69) is 27.6 Å². The molecule has 5 rings (SSSR count). The molecule has 0 spiro atoms. The average Bonchev–Trinajstić information content (AvgIpc) is 3.74. The molecule has 3 aromatic rings. The molecule has 3 N–H and O–H groups in total. The maximum Gasteiger partial charge on any atom is 0.270 e. The highest BCUT2D eigenvalue weighted by molar-refractivity contribution is 6.01. The number of aromatic amines is 1. The van der Waals surface area contributed by atoms with Crippen molar-refractivity contribution in [3.05, 3.63) is 60.0 Å². The molecule has 0 bridgehead atoms. The van der Waals surface area contributed by atoms with Crippen molar-refractivity contribution < 1.29 is 9.59 Å². The van der Waals surface area contributed by atoms with Crippen molar-refractivity contribution in [3.63, 3.8) is 0 Å². The summed E-state index contributed by atoms with van der Waals surface area (Å²) >= 11 is 0. The van der Waals surface area contributed by atoms with Gasteiger partial charge in [0.05, 0.1) is 0 Å². The predicted molar refractivity (Wildman–Crippen MR) is 132 cm³/mol. The molecule has 1 atom stereocenters. The Morgan fingerprint density at radius 3 is 2.26 bits per heavy atom. The Morgan fingerprint density at radius 2 is 1.71 bits per heavy atom. The number of benzene rings is 1. The number of nitrogens with zero attached hydrogens (tertiary/aromatic N) is 2. The molecule has 0 aliphatic heterocycles. The molecule has 178 valence electrons. The first-order valence-electron chi connectivity index (χ1n) is 12.3. The minimum atomic E-state index is -0.562. The molecule has 2 heterocycles. The number of aromatic nitrogens is 3. The highest BCUT2D eigenvalue weighted by Crippen LogP contribution is 2.51. The van der Waals surface area contributed by atoms with Gasteiger partial charge in [0.15, 0.2) is 0 Å². The number of carbonyl (C=O) groups is 2. The zero-order valence-electron chi connectivity index (χ0n) is 20.0. The van der Waals surface area contributed by atoms with Crippen LogP contribution in [0.25, 0.3) is 11.3 Å². The van der Waals surface area contributed by atoms with E-state index >= 15 is 0 Å². The second-order valence-electron chi connectivity index (χ2n) is 10.1. The molecule has 2 aliphatic carbocycles. The van der Waals surface area contributed by atoms with Gasteiger partial charge in [0.1, 0.15) is 11.7 Å². The predicted octanol–water partition coefficient (Wildman–Crippen LogP) is 4.94. The van der Waals surface area contributed by atoms with Crippen LogP contribution in [-0.4, -0.2) is 32.6 Å². The molecular weight excluding hydrogens is 426 g/mol. The van der Waals surface area contributed by atoms with Crippen molar-refractivity contribution in [2.45, 2.75) is 58.5 Å². The van der Waals surface area contributed by atoms with E-state index in [0.717, 1.165) is 42.6 Å². The lowest BCUT2D eigenvalue weighted by atomic mass is 9.88. The van der Waals surface area contributed by atoms with E-state index in [9.17, 15) is 9.59 Å². The number of amides is 2. The van der Waals surface area contributed by atoms with Crippen molar-refractivity contribution in [1.82, 2.24) is 20.1 Å². The monoisotopic (exact) mass is 459 g/mol. The molecule has 34 heavy (non-hydrogen) atoms. The summed E-state index contributed by atoms with van der Waals surface area (Å²) in [5, 5.41) is 10.5. The van der Waals surface area contributed by atoms with Crippen molar-refractivity contribution in [1.29, 1.82) is 0 Å². The molecule has 7 nitrogen and oxygen atoms in total. The van der Waals surface area contributed by atoms with E-state index in [0.29, 0.717) is 17.5 Å². The minimum absolute atomic E-state index is 0.0625. The van der Waals surface area contributed by atoms with Gasteiger partial charge in [-0.15, -0.1) is 0 Å². The van der Waals surface area contributed by atoms with Crippen LogP contribution in [0.15, 0.2) is 48.8 Å². The van der Waals surface area contributed by atoms with Crippen molar-refractivity contribution in [2.24, 2.45) is 17.8 Å². The van der Waals surface area contributed by atoms with E-state index in [4.69, 9.17) is 0 Å². The zero-order valence-corrected chi connectivity index (χ0v) is 20.0. The third kappa shape index (κ3) is 4.65. The van der Waals surface area contributed by atoms with E-state index in [1.165, 1.54) is 5.56 Å². The fourth-order valence-electron chi connectivity index (χ4n) is 5.05. The molecule has 0 radical (unpaired) electrons. The number of carbonyl (C=O) groups excluding carboxylic acids is 2. The molecule has 0 saturated heterocycles. The Bertz CT molecular complexity index is 1160. The fourth-order valence-corrected chi connectivity index (χ4v) is 5.05. The van der Waals surface area contributed by atoms with Gasteiger partial charge >= 0.3 is 0 Å². The van der Waals surface area contributed by atoms with Crippen LogP contribution in [0.1, 0.15) is 61.6 Å². The summed E-state index contributed by atoms with van der Waals surface area (Å²) in [5.41, 5.74) is 4.55. The summed E-state index contributed by atoms with van der Waals surface area (Å²) in [5.74, 6) is 0.820. The Morgan fingerprint density at radius 1 is 1.03 bits per heavy atom. The second-order valence-corrected chi connectivity index (χ2v) is 10.1. The minimum Gasteiger partial charge on any atom is -0.361 e. The number of H-pyrrole nitrogens is 1. The third-order valence-electron chi connectivity index (χ3n) is 7.08. The SMILES string of the molecule is Cc1cc[nH]c1-c1ccc(NC(=O)[C@@H](NC(=O)c2ccnn2C(C)C)C(C2CC2)C2CC2)cc1. The number of nitrogens with one attached hydrogen (secondary N) is 3. The average molecular weight is 460 g/mol. The smallest absolute Gasteiger partial charge is 0.270 e. The van der Waals surface area contributed by atoms with Gasteiger partial charge in [0.25, 0.3) is 5.91 Å². The van der Waals surface area contributed by atoms with E-state index in [1.807, 2.05) is 50.4 Å². The normalized spacial score (nSPS) is 16.6. The summed E-state index contributed by atoms with van der Waals surface area (Å²) in [4.78, 5) is 30.1. The number of hydrogen-bond acceptors (Lipinski definition) is 3. The lowest BCUT2D eigenvalue weighted by Gasteiger charge is -2.28. The Balaban J connectivity index is 1.35. The Labute approximate surface area is 200 Å². The van der Waals surface area contributed by atoms with Crippen LogP contribution in [0.4, 0.5) is 5.69 Å². The summed E-state index contributed by atoms with van der Waals surface area (Å²) < 4.78 is 1.70. The van der Waals surface area contributed by atoms with Crippen molar-refractivity contribution in [2.75, 3.05) is 5.32 Å². The number of hydrogen-bond donors (Lipinski definition) is 3. The summed E-state index contributed by atoms with van der Waals surface area (Å²) in [7, 11) is 0. The van der Waals surface area contributed by atoms with Crippen LogP contribution in [0.5, 0.6) is 0 Å². The summed E-state index contributed by atoms with van der Waals surface area (Å²) in [6, 6.07) is 11.1. The molecule has 2 saturated carbocycles. The van der Waals surface area contributed by atoms with Crippen LogP contribution in [0, 0.1) is 24.7 Å². The molecule has 1 aromatic carbocycles. The van der Waals surface area contributed by atoms with Gasteiger partial charge in [-0.05, 0) is 99.6 Å². The maximum atomic E-state index is 13.6. The van der Waals surface area contributed by atoms with E-state index in [-0.39, 0.29) is 23.8 Å². The topological polar surface area (TPSA) is 91.8 Å². The van der Waals surface area contributed by atoms with Gasteiger partial charge < -0.3 is 15.6 Å². The fraction of sp³-hybridized carbons (Fsp3) is 0.444. The lowest BCUT2D eigenvalue weighted by molar-refractivity contribution is -0.119. The van der Waals surface area contributed by atoms with Gasteiger partial charge in [0.2, 0.25) is 5.91 Å². The Hall–Kier alpha value is -3.35. The van der Waals surface area contributed by atoms with Crippen LogP contribution >= 0.6 is 0 Å². The number of rotatable bonds is 9. The molecule has 2 fully saturated rings. The quantitative estimate of drug-likeness (QED) is 0.423. The van der Waals surface area contributed by atoms with Gasteiger partial charge in [-0.1, -0.05) is 12.1 Å². The van der Waals surface area contributed by atoms with Crippen molar-refractivity contribution in [3.8, 4) is 11.3 Å². The van der Waals surface area contributed by atoms with E-state index in [1.54, 1.807) is 16.9 Å². The first-order valence-corrected chi connectivity index (χ1v) is 12.3. The molecule has 0 unspecified atom stereocenters. The summed E-state index contributed by atoms with van der Waals surface area (Å²) in [6.45, 7) is 6.04. The standard InChI is InChI=1S/C27H33N5O2/c1-16(2)32-22(13-15-29-32)26(33)31-25(23(18-4-5-18)19-6-7-19)27(34)30-21-10-8-20(9-11-21)24-17(3)12-14-28-24/h8-16,18-19,23,25,28H,4-7H2,1-3H3,(H,30,34)(H,31,33)/t25-/m0/s1. The molecular formula is C27H33N5O2. The van der Waals surface area contributed by atoms with Crippen molar-refractivity contribution >= 4 is 17.5 Å². The van der Waals surface area contributed by atoms with Gasteiger partial charge in [-0.2, -0.15) is 5.10 Å². The van der Waals surface area contributed by atoms with Gasteiger partial charge in [0, 0.05) is 29.8 Å². The maximum absolute atomic E-state index is 13.6. The van der Waals surface area contributed by atoms with Crippen LogP contribution in [-0.2, 0) is 4.79 Å². The number of aryl methyl sites for hydroxylation is 1. The highest BCUT2D eigenvalue weighted by atomic mass is 16.2. The second kappa shape index (κ2) is 9.12. The first kappa shape index (κ1) is 22.4. The van der Waals surface area contributed by atoms with Crippen LogP contribution in [0.3, 0.4) is 0 Å². The largest absolute Gasteiger partial charge is 0.361 e. The van der Waals surface area contributed by atoms with Crippen LogP contribution < -0.4 is 10.6 Å². The molecule has 2 amide bonds. The molecule has 7 heteroatoms. The molecule has 2 aliphatic rings. The first-order chi connectivity index (χ1) is 16.4.